The summed E-state index contributed by atoms with van der Waals surface area (Å²) >= 11 is 0. The summed E-state index contributed by atoms with van der Waals surface area (Å²) in [5.74, 6) is -0.915. The molecule has 1 saturated heterocycles. The first-order valence-corrected chi connectivity index (χ1v) is 8.29. The zero-order valence-electron chi connectivity index (χ0n) is 13.2. The lowest BCUT2D eigenvalue weighted by Crippen LogP contribution is -2.56. The van der Waals surface area contributed by atoms with Crippen LogP contribution in [0.2, 0.25) is 0 Å². The number of para-hydroxylation sites is 1. The third kappa shape index (κ3) is 1.89. The number of benzene rings is 1. The zero-order chi connectivity index (χ0) is 16.2. The van der Waals surface area contributed by atoms with Crippen LogP contribution in [0.4, 0.5) is 5.69 Å². The molecule has 0 spiro atoms. The molecule has 5 heteroatoms. The average Bonchev–Trinajstić information content (AvgIpc) is 3.08. The molecule has 4 atom stereocenters. The first-order chi connectivity index (χ1) is 11.1. The number of carbonyl (C=O) groups is 2. The van der Waals surface area contributed by atoms with E-state index in [9.17, 15) is 14.7 Å². The Morgan fingerprint density at radius 3 is 2.91 bits per heavy atom. The van der Waals surface area contributed by atoms with Crippen molar-refractivity contribution in [3.05, 3.63) is 29.8 Å². The molecule has 0 radical (unpaired) electrons. The fourth-order valence-electron chi connectivity index (χ4n) is 4.91. The minimum Gasteiger partial charge on any atom is -0.468 e. The maximum absolute atomic E-state index is 12.8. The van der Waals surface area contributed by atoms with Crippen LogP contribution >= 0.6 is 0 Å². The van der Waals surface area contributed by atoms with Crippen LogP contribution in [-0.4, -0.2) is 35.7 Å². The summed E-state index contributed by atoms with van der Waals surface area (Å²) in [5.41, 5.74) is 0.530. The third-order valence-corrected chi connectivity index (χ3v) is 5.90. The van der Waals surface area contributed by atoms with Crippen molar-refractivity contribution in [3.8, 4) is 0 Å². The first kappa shape index (κ1) is 14.7. The zero-order valence-corrected chi connectivity index (χ0v) is 13.2. The number of esters is 1. The largest absolute Gasteiger partial charge is 0.468 e. The van der Waals surface area contributed by atoms with E-state index in [1.807, 2.05) is 24.3 Å². The van der Waals surface area contributed by atoms with E-state index in [1.165, 1.54) is 7.11 Å². The summed E-state index contributed by atoms with van der Waals surface area (Å²) in [6.07, 6.45) is 3.60. The molecule has 23 heavy (non-hydrogen) atoms. The van der Waals surface area contributed by atoms with Gasteiger partial charge in [0, 0.05) is 12.1 Å². The lowest BCUT2D eigenvalue weighted by molar-refractivity contribution is -0.145. The van der Waals surface area contributed by atoms with Crippen LogP contribution in [0.1, 0.15) is 43.6 Å². The van der Waals surface area contributed by atoms with Crippen molar-refractivity contribution in [1.82, 2.24) is 0 Å². The molecular formula is C18H21NO4. The fourth-order valence-corrected chi connectivity index (χ4v) is 4.91. The van der Waals surface area contributed by atoms with E-state index >= 15 is 0 Å². The number of ether oxygens (including phenoxy) is 1. The van der Waals surface area contributed by atoms with Crippen molar-refractivity contribution in [3.63, 3.8) is 0 Å². The summed E-state index contributed by atoms with van der Waals surface area (Å²) in [4.78, 5) is 26.9. The maximum Gasteiger partial charge on any atom is 0.315 e. The number of hydrogen-bond acceptors (Lipinski definition) is 4. The molecule has 2 heterocycles. The minimum absolute atomic E-state index is 0.00308. The van der Waals surface area contributed by atoms with Gasteiger partial charge in [0.25, 0.3) is 0 Å². The molecule has 5 nitrogen and oxygen atoms in total. The predicted octanol–water partition coefficient (Wildman–Crippen LogP) is 1.98. The molecule has 0 bridgehead atoms. The van der Waals surface area contributed by atoms with Gasteiger partial charge in [0.2, 0.25) is 5.91 Å². The van der Waals surface area contributed by atoms with Gasteiger partial charge in [-0.15, -0.1) is 0 Å². The van der Waals surface area contributed by atoms with Crippen LogP contribution in [0.25, 0.3) is 0 Å². The topological polar surface area (TPSA) is 66.8 Å². The van der Waals surface area contributed by atoms with E-state index in [0.717, 1.165) is 24.1 Å². The van der Waals surface area contributed by atoms with Gasteiger partial charge in [-0.3, -0.25) is 9.59 Å². The van der Waals surface area contributed by atoms with Gasteiger partial charge < -0.3 is 14.7 Å². The van der Waals surface area contributed by atoms with Crippen molar-refractivity contribution in [2.24, 2.45) is 5.92 Å². The number of carbonyl (C=O) groups excluding carboxylic acids is 2. The monoisotopic (exact) mass is 315 g/mol. The van der Waals surface area contributed by atoms with Crippen LogP contribution in [0.3, 0.4) is 0 Å². The number of aliphatic hydroxyl groups is 1. The van der Waals surface area contributed by atoms with Crippen molar-refractivity contribution in [2.45, 2.75) is 49.7 Å². The number of hydrogen-bond donors (Lipinski definition) is 1. The number of nitrogens with zero attached hydrogens (tertiary/aromatic N) is 1. The molecule has 0 unspecified atom stereocenters. The standard InChI is InChI=1S/C18H21NO4/c1-23-17(21)15-12-6-2-3-7-13(12)19-14(20)9-8-11-5-4-10-18(11,22)16(15)19/h2-3,6-7,11,15-16,22H,4-5,8-10H2,1H3/t11-,15-,16-,18+/m1/s1. The van der Waals surface area contributed by atoms with E-state index in [-0.39, 0.29) is 17.8 Å². The van der Waals surface area contributed by atoms with Crippen LogP contribution in [0.15, 0.2) is 24.3 Å². The van der Waals surface area contributed by atoms with Gasteiger partial charge in [0.15, 0.2) is 0 Å². The summed E-state index contributed by atoms with van der Waals surface area (Å²) in [6.45, 7) is 0. The van der Waals surface area contributed by atoms with Gasteiger partial charge in [-0.05, 0) is 36.8 Å². The predicted molar refractivity (Wildman–Crippen MR) is 84.0 cm³/mol. The van der Waals surface area contributed by atoms with E-state index < -0.39 is 17.6 Å². The maximum atomic E-state index is 12.8. The average molecular weight is 315 g/mol. The van der Waals surface area contributed by atoms with Gasteiger partial charge in [0.05, 0.1) is 18.8 Å². The Bertz CT molecular complexity index is 658. The van der Waals surface area contributed by atoms with Gasteiger partial charge in [0.1, 0.15) is 5.92 Å². The van der Waals surface area contributed by atoms with E-state index in [0.29, 0.717) is 19.3 Å². The van der Waals surface area contributed by atoms with Gasteiger partial charge in [-0.2, -0.15) is 0 Å². The van der Waals surface area contributed by atoms with Crippen molar-refractivity contribution in [2.75, 3.05) is 12.0 Å². The highest BCUT2D eigenvalue weighted by Gasteiger charge is 2.60. The summed E-state index contributed by atoms with van der Waals surface area (Å²) in [7, 11) is 1.36. The Hall–Kier alpha value is -1.88. The van der Waals surface area contributed by atoms with Gasteiger partial charge >= 0.3 is 5.97 Å². The highest BCUT2D eigenvalue weighted by molar-refractivity contribution is 6.01. The number of amides is 1. The molecule has 1 amide bonds. The molecule has 1 aliphatic carbocycles. The Labute approximate surface area is 135 Å². The molecule has 1 saturated carbocycles. The second-order valence-corrected chi connectivity index (χ2v) is 6.89. The Balaban J connectivity index is 1.92. The molecule has 0 aromatic heterocycles. The Morgan fingerprint density at radius 1 is 1.35 bits per heavy atom. The molecule has 122 valence electrons. The van der Waals surface area contributed by atoms with Gasteiger partial charge in [-0.25, -0.2) is 0 Å². The number of rotatable bonds is 1. The van der Waals surface area contributed by atoms with Crippen LogP contribution in [-0.2, 0) is 14.3 Å². The van der Waals surface area contributed by atoms with E-state index in [2.05, 4.69) is 0 Å². The number of anilines is 1. The lowest BCUT2D eigenvalue weighted by atomic mass is 9.76. The normalized spacial score (nSPS) is 35.3. The van der Waals surface area contributed by atoms with Crippen LogP contribution in [0, 0.1) is 5.92 Å². The molecular weight excluding hydrogens is 294 g/mol. The number of fused-ring (bicyclic) bond motifs is 5. The van der Waals surface area contributed by atoms with Gasteiger partial charge in [-0.1, -0.05) is 24.6 Å². The van der Waals surface area contributed by atoms with E-state index in [4.69, 9.17) is 4.74 Å². The van der Waals surface area contributed by atoms with Crippen molar-refractivity contribution in [1.29, 1.82) is 0 Å². The summed E-state index contributed by atoms with van der Waals surface area (Å²) in [6, 6.07) is 6.91. The van der Waals surface area contributed by atoms with Crippen molar-refractivity contribution < 1.29 is 19.4 Å². The van der Waals surface area contributed by atoms with E-state index in [1.54, 1.807) is 4.90 Å². The highest BCUT2D eigenvalue weighted by Crippen LogP contribution is 2.54. The fraction of sp³-hybridized carbons (Fsp3) is 0.556. The van der Waals surface area contributed by atoms with Crippen LogP contribution < -0.4 is 4.90 Å². The second-order valence-electron chi connectivity index (χ2n) is 6.89. The lowest BCUT2D eigenvalue weighted by Gasteiger charge is -2.40. The smallest absolute Gasteiger partial charge is 0.315 e. The Kier molecular flexibility index (Phi) is 3.23. The molecule has 1 N–H and O–H groups in total. The molecule has 3 aliphatic rings. The quantitative estimate of drug-likeness (QED) is 0.805. The molecule has 4 rings (SSSR count). The van der Waals surface area contributed by atoms with Crippen LogP contribution in [0.5, 0.6) is 0 Å². The third-order valence-electron chi connectivity index (χ3n) is 5.90. The first-order valence-electron chi connectivity index (χ1n) is 8.29. The Morgan fingerprint density at radius 2 is 2.13 bits per heavy atom. The highest BCUT2D eigenvalue weighted by atomic mass is 16.5. The molecule has 1 aromatic carbocycles. The minimum atomic E-state index is -1.01. The number of methoxy groups -OCH3 is 1. The summed E-state index contributed by atoms with van der Waals surface area (Å²) < 4.78 is 5.02. The SMILES string of the molecule is COC(=O)[C@@H]1c2ccccc2N2C(=O)CC[C@H]3CCC[C@@]3(O)[C@@H]12. The van der Waals surface area contributed by atoms with Crippen molar-refractivity contribution >= 4 is 17.6 Å². The second kappa shape index (κ2) is 5.06. The molecule has 2 fully saturated rings. The summed E-state index contributed by atoms with van der Waals surface area (Å²) in [5, 5.41) is 11.5. The molecule has 2 aliphatic heterocycles. The molecule has 1 aromatic rings.